The predicted molar refractivity (Wildman–Crippen MR) is 114 cm³/mol. The van der Waals surface area contributed by atoms with E-state index in [2.05, 4.69) is 39.7 Å². The van der Waals surface area contributed by atoms with Crippen molar-refractivity contribution in [3.05, 3.63) is 42.1 Å². The Morgan fingerprint density at radius 2 is 1.86 bits per heavy atom. The minimum atomic E-state index is 0.478. The van der Waals surface area contributed by atoms with Crippen molar-refractivity contribution in [3.8, 4) is 5.75 Å². The second kappa shape index (κ2) is 7.55. The molecule has 3 aromatic rings. The first kappa shape index (κ1) is 18.2. The van der Waals surface area contributed by atoms with Gasteiger partial charge in [-0.25, -0.2) is 4.98 Å². The molecule has 0 bridgehead atoms. The Balaban J connectivity index is 1.56. The Hall–Kier alpha value is -2.80. The molecule has 2 aliphatic rings. The first-order chi connectivity index (χ1) is 14.2. The van der Waals surface area contributed by atoms with Crippen LogP contribution in [0.5, 0.6) is 5.75 Å². The van der Waals surface area contributed by atoms with Gasteiger partial charge in [-0.2, -0.15) is 5.10 Å². The van der Waals surface area contributed by atoms with Crippen LogP contribution in [0.15, 0.2) is 36.5 Å². The number of pyridine rings is 1. The van der Waals surface area contributed by atoms with Gasteiger partial charge in [0.15, 0.2) is 5.82 Å². The molecule has 2 aromatic heterocycles. The lowest BCUT2D eigenvalue weighted by atomic mass is 10.1. The van der Waals surface area contributed by atoms with Crippen LogP contribution in [0.3, 0.4) is 0 Å². The number of methoxy groups -OCH3 is 1. The summed E-state index contributed by atoms with van der Waals surface area (Å²) in [4.78, 5) is 9.56. The van der Waals surface area contributed by atoms with E-state index in [0.717, 1.165) is 74.0 Å². The number of hydrogen-bond acceptors (Lipinski definition) is 6. The highest BCUT2D eigenvalue weighted by Crippen LogP contribution is 2.37. The van der Waals surface area contributed by atoms with Gasteiger partial charge in [-0.15, -0.1) is 0 Å². The van der Waals surface area contributed by atoms with E-state index in [0.29, 0.717) is 6.04 Å². The van der Waals surface area contributed by atoms with Crippen molar-refractivity contribution < 1.29 is 9.47 Å². The molecule has 0 N–H and O–H groups in total. The lowest BCUT2D eigenvalue weighted by Crippen LogP contribution is -2.42. The molecule has 1 saturated heterocycles. The lowest BCUT2D eigenvalue weighted by Gasteiger charge is -2.35. The maximum absolute atomic E-state index is 5.59. The van der Waals surface area contributed by atoms with Crippen LogP contribution in [-0.4, -0.2) is 61.3 Å². The molecule has 7 heteroatoms. The largest absolute Gasteiger partial charge is 0.497 e. The molecule has 152 valence electrons. The molecule has 0 atom stereocenters. The number of hydrogen-bond donors (Lipinski definition) is 0. The first-order valence-electron chi connectivity index (χ1n) is 10.3. The number of nitrogens with zero attached hydrogens (tertiary/aromatic N) is 5. The number of anilines is 2. The summed E-state index contributed by atoms with van der Waals surface area (Å²) in [6.07, 6.45) is 4.03. The van der Waals surface area contributed by atoms with Gasteiger partial charge in [-0.05, 0) is 36.6 Å². The highest BCUT2D eigenvalue weighted by Gasteiger charge is 2.30. The summed E-state index contributed by atoms with van der Waals surface area (Å²) in [5.41, 5.74) is 2.33. The monoisotopic (exact) mass is 393 g/mol. The molecule has 0 radical (unpaired) electrons. The molecule has 1 fully saturated rings. The molecule has 7 nitrogen and oxygen atoms in total. The molecule has 2 aliphatic heterocycles. The smallest absolute Gasteiger partial charge is 0.162 e. The highest BCUT2D eigenvalue weighted by atomic mass is 16.5. The minimum Gasteiger partial charge on any atom is -0.497 e. The summed E-state index contributed by atoms with van der Waals surface area (Å²) in [5.74, 6) is 2.95. The molecule has 0 aliphatic carbocycles. The fourth-order valence-electron chi connectivity index (χ4n) is 4.42. The zero-order chi connectivity index (χ0) is 19.8. The third-order valence-corrected chi connectivity index (χ3v) is 6.06. The molecule has 0 saturated carbocycles. The fourth-order valence-corrected chi connectivity index (χ4v) is 4.42. The van der Waals surface area contributed by atoms with Crippen molar-refractivity contribution in [2.24, 2.45) is 0 Å². The van der Waals surface area contributed by atoms with Gasteiger partial charge in [-0.1, -0.05) is 12.1 Å². The maximum atomic E-state index is 5.59. The van der Waals surface area contributed by atoms with Crippen LogP contribution >= 0.6 is 0 Å². The van der Waals surface area contributed by atoms with Crippen LogP contribution in [0.25, 0.3) is 10.9 Å². The van der Waals surface area contributed by atoms with E-state index >= 15 is 0 Å². The first-order valence-corrected chi connectivity index (χ1v) is 10.3. The predicted octanol–water partition coefficient (Wildman–Crippen LogP) is 2.92. The molecule has 5 rings (SSSR count). The Kier molecular flexibility index (Phi) is 4.75. The van der Waals surface area contributed by atoms with Crippen molar-refractivity contribution in [2.75, 3.05) is 50.3 Å². The van der Waals surface area contributed by atoms with Crippen molar-refractivity contribution in [2.45, 2.75) is 25.4 Å². The van der Waals surface area contributed by atoms with Gasteiger partial charge in [0.2, 0.25) is 0 Å². The molecule has 0 unspecified atom stereocenters. The van der Waals surface area contributed by atoms with Gasteiger partial charge in [0.25, 0.3) is 0 Å². The summed E-state index contributed by atoms with van der Waals surface area (Å²) in [6.45, 7) is 4.27. The SMILES string of the molecule is COc1ccc(Cn2nc3c4c(nccc42)N(C2CCOCC2)CCN3C)cc1. The van der Waals surface area contributed by atoms with Crippen molar-refractivity contribution in [3.63, 3.8) is 0 Å². The van der Waals surface area contributed by atoms with Gasteiger partial charge < -0.3 is 19.3 Å². The van der Waals surface area contributed by atoms with Crippen LogP contribution in [0, 0.1) is 0 Å². The van der Waals surface area contributed by atoms with Gasteiger partial charge >= 0.3 is 0 Å². The molecule has 0 amide bonds. The summed E-state index contributed by atoms with van der Waals surface area (Å²) in [6, 6.07) is 10.7. The molecular formula is C22H27N5O2. The van der Waals surface area contributed by atoms with Crippen LogP contribution < -0.4 is 14.5 Å². The van der Waals surface area contributed by atoms with E-state index in [1.165, 1.54) is 5.56 Å². The van der Waals surface area contributed by atoms with Gasteiger partial charge in [0.1, 0.15) is 11.6 Å². The minimum absolute atomic E-state index is 0.478. The summed E-state index contributed by atoms with van der Waals surface area (Å²) in [5, 5.41) is 6.16. The summed E-state index contributed by atoms with van der Waals surface area (Å²) in [7, 11) is 3.82. The average Bonchev–Trinajstić information content (AvgIpc) is 3.07. The topological polar surface area (TPSA) is 55.6 Å². The van der Waals surface area contributed by atoms with Gasteiger partial charge in [0.05, 0.1) is 24.6 Å². The van der Waals surface area contributed by atoms with Crippen molar-refractivity contribution in [1.82, 2.24) is 14.8 Å². The van der Waals surface area contributed by atoms with Crippen LogP contribution in [-0.2, 0) is 11.3 Å². The van der Waals surface area contributed by atoms with E-state index in [9.17, 15) is 0 Å². The number of ether oxygens (including phenoxy) is 2. The number of aromatic nitrogens is 3. The van der Waals surface area contributed by atoms with E-state index in [1.54, 1.807) is 7.11 Å². The molecule has 4 heterocycles. The Morgan fingerprint density at radius 1 is 1.07 bits per heavy atom. The third-order valence-electron chi connectivity index (χ3n) is 6.06. The highest BCUT2D eigenvalue weighted by molar-refractivity contribution is 6.00. The van der Waals surface area contributed by atoms with Gasteiger partial charge in [0, 0.05) is 45.6 Å². The Labute approximate surface area is 170 Å². The quantitative estimate of drug-likeness (QED) is 0.679. The fraction of sp³-hybridized carbons (Fsp3) is 0.455. The average molecular weight is 393 g/mol. The second-order valence-electron chi connectivity index (χ2n) is 7.82. The van der Waals surface area contributed by atoms with E-state index in [4.69, 9.17) is 19.6 Å². The normalized spacial score (nSPS) is 17.6. The van der Waals surface area contributed by atoms with E-state index < -0.39 is 0 Å². The zero-order valence-corrected chi connectivity index (χ0v) is 17.0. The molecular weight excluding hydrogens is 366 g/mol. The summed E-state index contributed by atoms with van der Waals surface area (Å²) < 4.78 is 13.0. The van der Waals surface area contributed by atoms with Crippen molar-refractivity contribution in [1.29, 1.82) is 0 Å². The van der Waals surface area contributed by atoms with Crippen LogP contribution in [0.4, 0.5) is 11.6 Å². The van der Waals surface area contributed by atoms with E-state index in [-0.39, 0.29) is 0 Å². The molecule has 1 aromatic carbocycles. The zero-order valence-electron chi connectivity index (χ0n) is 17.0. The van der Waals surface area contributed by atoms with E-state index in [1.807, 2.05) is 18.3 Å². The number of likely N-dealkylation sites (N-methyl/N-ethyl adjacent to an activating group) is 1. The Morgan fingerprint density at radius 3 is 2.62 bits per heavy atom. The van der Waals surface area contributed by atoms with Crippen LogP contribution in [0.1, 0.15) is 18.4 Å². The number of rotatable bonds is 4. The van der Waals surface area contributed by atoms with Crippen LogP contribution in [0.2, 0.25) is 0 Å². The maximum Gasteiger partial charge on any atom is 0.162 e. The van der Waals surface area contributed by atoms with Crippen molar-refractivity contribution >= 4 is 22.5 Å². The third kappa shape index (κ3) is 3.29. The van der Waals surface area contributed by atoms with Gasteiger partial charge in [-0.3, -0.25) is 4.68 Å². The molecule has 0 spiro atoms. The second-order valence-corrected chi connectivity index (χ2v) is 7.82. The lowest BCUT2D eigenvalue weighted by molar-refractivity contribution is 0.0845. The molecule has 29 heavy (non-hydrogen) atoms. The number of benzene rings is 1. The Bertz CT molecular complexity index is 994. The standard InChI is InChI=1S/C22H27N5O2/c1-25-11-12-26(17-8-13-29-14-9-17)21-20-19(7-10-23-21)27(24-22(20)25)15-16-3-5-18(28-2)6-4-16/h3-7,10,17H,8-9,11-15H2,1-2H3. The summed E-state index contributed by atoms with van der Waals surface area (Å²) >= 11 is 0.